The molecule has 1 unspecified atom stereocenters. The van der Waals surface area contributed by atoms with E-state index in [4.69, 9.17) is 0 Å². The van der Waals surface area contributed by atoms with Gasteiger partial charge in [-0.2, -0.15) is 0 Å². The van der Waals surface area contributed by atoms with Gasteiger partial charge in [-0.15, -0.1) is 0 Å². The van der Waals surface area contributed by atoms with E-state index in [2.05, 4.69) is 9.69 Å². The van der Waals surface area contributed by atoms with Gasteiger partial charge in [0.15, 0.2) is 0 Å². The minimum absolute atomic E-state index is 0.0928. The number of carbonyl (C=O) groups is 1. The molecule has 1 aromatic carbocycles. The summed E-state index contributed by atoms with van der Waals surface area (Å²) in [5.41, 5.74) is 0.790. The maximum Gasteiger partial charge on any atom is 0.263 e. The summed E-state index contributed by atoms with van der Waals surface area (Å²) in [7, 11) is 0. The van der Waals surface area contributed by atoms with E-state index in [-0.39, 0.29) is 24.0 Å². The molecule has 1 heterocycles. The van der Waals surface area contributed by atoms with E-state index in [0.29, 0.717) is 4.88 Å². The smallest absolute Gasteiger partial charge is 0.263 e. The maximum absolute atomic E-state index is 12.5. The summed E-state index contributed by atoms with van der Waals surface area (Å²) in [5, 5.41) is 13.2. The molecular weight excluding hydrogens is 296 g/mol. The number of amides is 1. The van der Waals surface area contributed by atoms with Gasteiger partial charge in [0.1, 0.15) is 4.88 Å². The molecule has 0 aliphatic heterocycles. The Bertz CT molecular complexity index is 607. The molecule has 1 aliphatic carbocycles. The highest BCUT2D eigenvalue weighted by molar-refractivity contribution is 7.08. The number of aliphatic hydroxyl groups excluding tert-OH is 1. The molecule has 0 saturated heterocycles. The van der Waals surface area contributed by atoms with Gasteiger partial charge in [-0.1, -0.05) is 43.2 Å². The third kappa shape index (κ3) is 2.91. The van der Waals surface area contributed by atoms with E-state index in [1.807, 2.05) is 30.3 Å². The SMILES string of the molecule is O=C(NC(c1ccccc1)C1(CO)CCCC1)c1ccns1. The van der Waals surface area contributed by atoms with E-state index in [1.54, 1.807) is 12.3 Å². The average Bonchev–Trinajstić information content (AvgIpc) is 3.25. The lowest BCUT2D eigenvalue weighted by atomic mass is 9.76. The topological polar surface area (TPSA) is 62.2 Å². The average molecular weight is 316 g/mol. The Morgan fingerprint density at radius 1 is 1.27 bits per heavy atom. The number of benzene rings is 1. The number of aliphatic hydroxyl groups is 1. The first-order chi connectivity index (χ1) is 10.7. The van der Waals surface area contributed by atoms with Gasteiger partial charge in [-0.05, 0) is 36.0 Å². The van der Waals surface area contributed by atoms with Gasteiger partial charge in [0, 0.05) is 11.6 Å². The van der Waals surface area contributed by atoms with Crippen molar-refractivity contribution in [2.45, 2.75) is 31.7 Å². The van der Waals surface area contributed by atoms with Crippen LogP contribution in [0.15, 0.2) is 42.6 Å². The summed E-state index contributed by atoms with van der Waals surface area (Å²) in [6.07, 6.45) is 5.70. The van der Waals surface area contributed by atoms with Crippen molar-refractivity contribution in [1.29, 1.82) is 0 Å². The molecule has 1 atom stereocenters. The molecule has 1 aliphatic rings. The number of hydrogen-bond acceptors (Lipinski definition) is 4. The molecule has 1 saturated carbocycles. The zero-order chi connectivity index (χ0) is 15.4. The molecule has 0 bridgehead atoms. The number of hydrogen-bond donors (Lipinski definition) is 2. The quantitative estimate of drug-likeness (QED) is 0.890. The van der Waals surface area contributed by atoms with Crippen LogP contribution in [0.25, 0.3) is 0 Å². The fourth-order valence-corrected chi connectivity index (χ4v) is 3.89. The minimum Gasteiger partial charge on any atom is -0.396 e. The summed E-state index contributed by atoms with van der Waals surface area (Å²) < 4.78 is 3.99. The molecule has 1 aromatic heterocycles. The predicted octanol–water partition coefficient (Wildman–Crippen LogP) is 3.17. The van der Waals surface area contributed by atoms with Gasteiger partial charge in [0.25, 0.3) is 5.91 Å². The zero-order valence-electron chi connectivity index (χ0n) is 12.4. The largest absolute Gasteiger partial charge is 0.396 e. The first kappa shape index (κ1) is 15.2. The van der Waals surface area contributed by atoms with Crippen LogP contribution in [-0.4, -0.2) is 22.0 Å². The molecule has 4 nitrogen and oxygen atoms in total. The van der Waals surface area contributed by atoms with Crippen LogP contribution in [0.5, 0.6) is 0 Å². The van der Waals surface area contributed by atoms with E-state index in [9.17, 15) is 9.90 Å². The second kappa shape index (κ2) is 6.58. The molecule has 0 spiro atoms. The summed E-state index contributed by atoms with van der Waals surface area (Å²) in [5.74, 6) is -0.115. The number of nitrogens with zero attached hydrogens (tertiary/aromatic N) is 1. The van der Waals surface area contributed by atoms with Gasteiger partial charge >= 0.3 is 0 Å². The van der Waals surface area contributed by atoms with Crippen LogP contribution >= 0.6 is 11.5 Å². The van der Waals surface area contributed by atoms with Crippen LogP contribution in [-0.2, 0) is 0 Å². The van der Waals surface area contributed by atoms with Crippen molar-refractivity contribution in [3.63, 3.8) is 0 Å². The molecule has 0 radical (unpaired) electrons. The number of nitrogens with one attached hydrogen (secondary N) is 1. The Labute approximate surface area is 134 Å². The van der Waals surface area contributed by atoms with Crippen LogP contribution in [0.2, 0.25) is 0 Å². The predicted molar refractivity (Wildman–Crippen MR) is 86.8 cm³/mol. The van der Waals surface area contributed by atoms with Gasteiger partial charge in [0.05, 0.1) is 12.6 Å². The lowest BCUT2D eigenvalue weighted by Gasteiger charge is -2.37. The Balaban J connectivity index is 1.91. The van der Waals surface area contributed by atoms with Gasteiger partial charge in [0.2, 0.25) is 0 Å². The summed E-state index contributed by atoms with van der Waals surface area (Å²) >= 11 is 1.19. The van der Waals surface area contributed by atoms with Crippen molar-refractivity contribution < 1.29 is 9.90 Å². The van der Waals surface area contributed by atoms with Crippen LogP contribution in [0.4, 0.5) is 0 Å². The Morgan fingerprint density at radius 3 is 2.59 bits per heavy atom. The Morgan fingerprint density at radius 2 is 2.00 bits per heavy atom. The molecule has 2 aromatic rings. The van der Waals surface area contributed by atoms with E-state index in [1.165, 1.54) is 11.5 Å². The van der Waals surface area contributed by atoms with Crippen molar-refractivity contribution in [2.24, 2.45) is 5.41 Å². The van der Waals surface area contributed by atoms with Crippen molar-refractivity contribution in [3.05, 3.63) is 53.0 Å². The second-order valence-corrected chi connectivity index (χ2v) is 6.75. The molecule has 3 rings (SSSR count). The zero-order valence-corrected chi connectivity index (χ0v) is 13.2. The van der Waals surface area contributed by atoms with Gasteiger partial charge < -0.3 is 10.4 Å². The normalized spacial score (nSPS) is 18.0. The molecule has 5 heteroatoms. The van der Waals surface area contributed by atoms with Crippen LogP contribution in [0.3, 0.4) is 0 Å². The second-order valence-electron chi connectivity index (χ2n) is 5.92. The molecule has 22 heavy (non-hydrogen) atoms. The van der Waals surface area contributed by atoms with Crippen LogP contribution in [0.1, 0.15) is 47.0 Å². The van der Waals surface area contributed by atoms with Crippen molar-refractivity contribution in [1.82, 2.24) is 9.69 Å². The molecule has 1 amide bonds. The first-order valence-electron chi connectivity index (χ1n) is 7.62. The van der Waals surface area contributed by atoms with E-state index in [0.717, 1.165) is 31.2 Å². The third-order valence-corrected chi connectivity index (χ3v) is 5.34. The Kier molecular flexibility index (Phi) is 4.55. The number of aromatic nitrogens is 1. The van der Waals surface area contributed by atoms with E-state index >= 15 is 0 Å². The fraction of sp³-hybridized carbons (Fsp3) is 0.412. The van der Waals surface area contributed by atoms with Gasteiger partial charge in [-0.25, -0.2) is 4.37 Å². The highest BCUT2D eigenvalue weighted by Gasteiger charge is 2.42. The minimum atomic E-state index is -0.262. The van der Waals surface area contributed by atoms with Gasteiger partial charge in [-0.3, -0.25) is 4.79 Å². The molecule has 2 N–H and O–H groups in total. The summed E-state index contributed by atoms with van der Waals surface area (Å²) in [6, 6.07) is 11.5. The molecule has 116 valence electrons. The van der Waals surface area contributed by atoms with E-state index < -0.39 is 0 Å². The molecular formula is C17H20N2O2S. The lowest BCUT2D eigenvalue weighted by Crippen LogP contribution is -2.41. The van der Waals surface area contributed by atoms with Crippen LogP contribution < -0.4 is 5.32 Å². The standard InChI is InChI=1S/C17H20N2O2S/c20-12-17(9-4-5-10-17)15(13-6-2-1-3-7-13)19-16(21)14-8-11-18-22-14/h1-3,6-8,11,15,20H,4-5,9-10,12H2,(H,19,21). The summed E-state index contributed by atoms with van der Waals surface area (Å²) in [6.45, 7) is 0.0928. The Hall–Kier alpha value is -1.72. The fourth-order valence-electron chi connectivity index (χ4n) is 3.39. The summed E-state index contributed by atoms with van der Waals surface area (Å²) in [4.78, 5) is 13.1. The number of rotatable bonds is 5. The van der Waals surface area contributed by atoms with Crippen molar-refractivity contribution in [3.8, 4) is 0 Å². The lowest BCUT2D eigenvalue weighted by molar-refractivity contribution is 0.0702. The highest BCUT2D eigenvalue weighted by Crippen LogP contribution is 2.47. The van der Waals surface area contributed by atoms with Crippen molar-refractivity contribution >= 4 is 17.4 Å². The maximum atomic E-state index is 12.5. The third-order valence-electron chi connectivity index (χ3n) is 4.60. The molecule has 1 fully saturated rings. The number of carbonyl (C=O) groups excluding carboxylic acids is 1. The highest BCUT2D eigenvalue weighted by atomic mass is 32.1. The monoisotopic (exact) mass is 316 g/mol. The van der Waals surface area contributed by atoms with Crippen molar-refractivity contribution in [2.75, 3.05) is 6.61 Å². The first-order valence-corrected chi connectivity index (χ1v) is 8.40. The van der Waals surface area contributed by atoms with Crippen LogP contribution in [0, 0.1) is 5.41 Å².